The standard InChI is InChI=1S/C21H28N2O2/c1-22(2)13-18-14-23(15-19(18)16-24)12-17-8-10-21(11-9-17)25-20-6-4-3-5-7-20/h3-11,18-19,24H,12-16H2,1-2H3/t18-,19-/m1/s1. The van der Waals surface area contributed by atoms with Crippen LogP contribution in [0.15, 0.2) is 54.6 Å². The number of rotatable bonds is 7. The molecule has 1 N–H and O–H groups in total. The zero-order valence-electron chi connectivity index (χ0n) is 15.1. The molecular formula is C21H28N2O2. The van der Waals surface area contributed by atoms with E-state index >= 15 is 0 Å². The van der Waals surface area contributed by atoms with Crippen molar-refractivity contribution >= 4 is 0 Å². The molecule has 0 amide bonds. The van der Waals surface area contributed by atoms with Gasteiger partial charge in [-0.2, -0.15) is 0 Å². The molecule has 3 rings (SSSR count). The minimum Gasteiger partial charge on any atom is -0.457 e. The van der Waals surface area contributed by atoms with E-state index < -0.39 is 0 Å². The van der Waals surface area contributed by atoms with Crippen LogP contribution in [-0.4, -0.2) is 55.2 Å². The number of benzene rings is 2. The summed E-state index contributed by atoms with van der Waals surface area (Å²) < 4.78 is 5.85. The van der Waals surface area contributed by atoms with Crippen molar-refractivity contribution in [2.24, 2.45) is 11.8 Å². The Hall–Kier alpha value is -1.88. The van der Waals surface area contributed by atoms with Gasteiger partial charge in [0.15, 0.2) is 0 Å². The summed E-state index contributed by atoms with van der Waals surface area (Å²) in [7, 11) is 4.20. The van der Waals surface area contributed by atoms with Crippen molar-refractivity contribution in [1.29, 1.82) is 0 Å². The van der Waals surface area contributed by atoms with Gasteiger partial charge in [0.25, 0.3) is 0 Å². The van der Waals surface area contributed by atoms with Crippen LogP contribution >= 0.6 is 0 Å². The molecule has 1 aliphatic heterocycles. The summed E-state index contributed by atoms with van der Waals surface area (Å²) in [6.45, 7) is 4.25. The SMILES string of the molecule is CN(C)C[C@@H]1CN(Cc2ccc(Oc3ccccc3)cc2)C[C@@H]1CO. The molecule has 1 aliphatic rings. The third-order valence-corrected chi connectivity index (χ3v) is 4.79. The lowest BCUT2D eigenvalue weighted by molar-refractivity contribution is 0.183. The lowest BCUT2D eigenvalue weighted by Crippen LogP contribution is -2.28. The van der Waals surface area contributed by atoms with Crippen LogP contribution in [0.25, 0.3) is 0 Å². The van der Waals surface area contributed by atoms with Crippen molar-refractivity contribution < 1.29 is 9.84 Å². The van der Waals surface area contributed by atoms with Crippen molar-refractivity contribution in [1.82, 2.24) is 9.80 Å². The maximum absolute atomic E-state index is 9.65. The topological polar surface area (TPSA) is 35.9 Å². The number of likely N-dealkylation sites (tertiary alicyclic amines) is 1. The first-order valence-corrected chi connectivity index (χ1v) is 8.94. The third-order valence-electron chi connectivity index (χ3n) is 4.79. The molecule has 0 unspecified atom stereocenters. The second kappa shape index (κ2) is 8.48. The number of ether oxygens (including phenoxy) is 1. The Morgan fingerprint density at radius 2 is 1.60 bits per heavy atom. The molecule has 25 heavy (non-hydrogen) atoms. The largest absolute Gasteiger partial charge is 0.457 e. The van der Waals surface area contributed by atoms with E-state index in [-0.39, 0.29) is 6.61 Å². The normalized spacial score (nSPS) is 21.0. The molecule has 1 fully saturated rings. The molecule has 0 spiro atoms. The summed E-state index contributed by atoms with van der Waals surface area (Å²) in [5.74, 6) is 2.63. The molecule has 4 nitrogen and oxygen atoms in total. The Labute approximate surface area is 150 Å². The van der Waals surface area contributed by atoms with Gasteiger partial charge in [-0.3, -0.25) is 4.90 Å². The van der Waals surface area contributed by atoms with Crippen molar-refractivity contribution in [3.63, 3.8) is 0 Å². The summed E-state index contributed by atoms with van der Waals surface area (Å²) in [5, 5.41) is 9.65. The lowest BCUT2D eigenvalue weighted by Gasteiger charge is -2.20. The molecule has 4 heteroatoms. The van der Waals surface area contributed by atoms with Crippen LogP contribution in [-0.2, 0) is 6.54 Å². The maximum Gasteiger partial charge on any atom is 0.127 e. The van der Waals surface area contributed by atoms with Gasteiger partial charge in [-0.25, -0.2) is 0 Å². The van der Waals surface area contributed by atoms with Crippen LogP contribution in [0, 0.1) is 11.8 Å². The predicted octanol–water partition coefficient (Wildman–Crippen LogP) is 3.08. The highest BCUT2D eigenvalue weighted by molar-refractivity contribution is 5.33. The zero-order valence-corrected chi connectivity index (χ0v) is 15.1. The Morgan fingerprint density at radius 1 is 0.960 bits per heavy atom. The number of hydrogen-bond acceptors (Lipinski definition) is 4. The van der Waals surface area contributed by atoms with Gasteiger partial charge in [0.1, 0.15) is 11.5 Å². The maximum atomic E-state index is 9.65. The van der Waals surface area contributed by atoms with E-state index in [4.69, 9.17) is 4.74 Å². The van der Waals surface area contributed by atoms with E-state index in [1.807, 2.05) is 42.5 Å². The summed E-state index contributed by atoms with van der Waals surface area (Å²) >= 11 is 0. The van der Waals surface area contributed by atoms with Crippen molar-refractivity contribution in [2.75, 3.05) is 40.3 Å². The highest BCUT2D eigenvalue weighted by Gasteiger charge is 2.32. The zero-order chi connectivity index (χ0) is 17.6. The van der Waals surface area contributed by atoms with Gasteiger partial charge in [-0.1, -0.05) is 30.3 Å². The van der Waals surface area contributed by atoms with Gasteiger partial charge in [0.2, 0.25) is 0 Å². The molecule has 1 heterocycles. The van der Waals surface area contributed by atoms with Gasteiger partial charge in [0.05, 0.1) is 0 Å². The Morgan fingerprint density at radius 3 is 2.24 bits per heavy atom. The van der Waals surface area contributed by atoms with Crippen LogP contribution in [0.4, 0.5) is 0 Å². The van der Waals surface area contributed by atoms with Crippen LogP contribution in [0.1, 0.15) is 5.56 Å². The van der Waals surface area contributed by atoms with E-state index in [0.29, 0.717) is 11.8 Å². The molecule has 1 saturated heterocycles. The number of aliphatic hydroxyl groups excluding tert-OH is 1. The molecule has 0 aromatic heterocycles. The Kier molecular flexibility index (Phi) is 6.08. The first kappa shape index (κ1) is 17.9. The number of para-hydroxylation sites is 1. The fourth-order valence-electron chi connectivity index (χ4n) is 3.59. The predicted molar refractivity (Wildman–Crippen MR) is 101 cm³/mol. The highest BCUT2D eigenvalue weighted by Crippen LogP contribution is 2.26. The molecule has 2 atom stereocenters. The summed E-state index contributed by atoms with van der Waals surface area (Å²) in [6.07, 6.45) is 0. The minimum atomic E-state index is 0.277. The van der Waals surface area contributed by atoms with E-state index in [1.165, 1.54) is 5.56 Å². The summed E-state index contributed by atoms with van der Waals surface area (Å²) in [4.78, 5) is 4.66. The van der Waals surface area contributed by atoms with E-state index in [2.05, 4.69) is 36.0 Å². The number of hydrogen-bond donors (Lipinski definition) is 1. The Bertz CT molecular complexity index is 643. The summed E-state index contributed by atoms with van der Waals surface area (Å²) in [6, 6.07) is 18.2. The van der Waals surface area contributed by atoms with Gasteiger partial charge in [0, 0.05) is 32.8 Å². The molecule has 0 saturated carbocycles. The molecule has 2 aromatic carbocycles. The van der Waals surface area contributed by atoms with Crippen LogP contribution in [0.3, 0.4) is 0 Å². The van der Waals surface area contributed by atoms with E-state index in [0.717, 1.165) is 37.7 Å². The fraction of sp³-hybridized carbons (Fsp3) is 0.429. The first-order chi connectivity index (χ1) is 12.1. The van der Waals surface area contributed by atoms with Gasteiger partial charge in [-0.15, -0.1) is 0 Å². The van der Waals surface area contributed by atoms with Gasteiger partial charge in [-0.05, 0) is 55.8 Å². The number of aliphatic hydroxyl groups is 1. The van der Waals surface area contributed by atoms with Crippen molar-refractivity contribution in [2.45, 2.75) is 6.54 Å². The third kappa shape index (κ3) is 5.05. The van der Waals surface area contributed by atoms with Crippen LogP contribution in [0.5, 0.6) is 11.5 Å². The minimum absolute atomic E-state index is 0.277. The molecule has 2 aromatic rings. The first-order valence-electron chi connectivity index (χ1n) is 8.94. The highest BCUT2D eigenvalue weighted by atomic mass is 16.5. The second-order valence-corrected chi connectivity index (χ2v) is 7.22. The monoisotopic (exact) mass is 340 g/mol. The fourth-order valence-corrected chi connectivity index (χ4v) is 3.59. The van der Waals surface area contributed by atoms with E-state index in [9.17, 15) is 5.11 Å². The molecular weight excluding hydrogens is 312 g/mol. The van der Waals surface area contributed by atoms with Crippen LogP contribution < -0.4 is 4.74 Å². The van der Waals surface area contributed by atoms with E-state index in [1.54, 1.807) is 0 Å². The average molecular weight is 340 g/mol. The molecule has 0 radical (unpaired) electrons. The molecule has 0 bridgehead atoms. The Balaban J connectivity index is 1.56. The number of nitrogens with zero attached hydrogens (tertiary/aromatic N) is 2. The quantitative estimate of drug-likeness (QED) is 0.840. The smallest absolute Gasteiger partial charge is 0.127 e. The van der Waals surface area contributed by atoms with Gasteiger partial charge < -0.3 is 14.7 Å². The van der Waals surface area contributed by atoms with Crippen LogP contribution in [0.2, 0.25) is 0 Å². The second-order valence-electron chi connectivity index (χ2n) is 7.22. The summed E-state index contributed by atoms with van der Waals surface area (Å²) in [5.41, 5.74) is 1.28. The van der Waals surface area contributed by atoms with Gasteiger partial charge >= 0.3 is 0 Å². The molecule has 134 valence electrons. The molecule has 0 aliphatic carbocycles. The average Bonchev–Trinajstić information content (AvgIpc) is 2.98. The van der Waals surface area contributed by atoms with Crippen molar-refractivity contribution in [3.8, 4) is 11.5 Å². The van der Waals surface area contributed by atoms with Crippen molar-refractivity contribution in [3.05, 3.63) is 60.2 Å². The lowest BCUT2D eigenvalue weighted by atomic mass is 9.97.